The Morgan fingerprint density at radius 3 is 2.42 bits per heavy atom. The summed E-state index contributed by atoms with van der Waals surface area (Å²) in [5.74, 6) is -1.33. The minimum Gasteiger partial charge on any atom is -0.481 e. The van der Waals surface area contributed by atoms with Crippen LogP contribution in [0.2, 0.25) is 0 Å². The third-order valence-electron chi connectivity index (χ3n) is 3.80. The maximum absolute atomic E-state index is 13.8. The van der Waals surface area contributed by atoms with Crippen molar-refractivity contribution in [2.45, 2.75) is 22.2 Å². The first kappa shape index (κ1) is 18.7. The minimum atomic E-state index is -4.73. The molecular weight excluding hydrogens is 387 g/mol. The number of alkyl halides is 4. The second-order valence-electron chi connectivity index (χ2n) is 5.51. The summed E-state index contributed by atoms with van der Waals surface area (Å²) >= 11 is 7.45. The van der Waals surface area contributed by atoms with E-state index < -0.39 is 28.8 Å². The molecule has 3 aromatic rings. The van der Waals surface area contributed by atoms with Gasteiger partial charge in [0.15, 0.2) is 0 Å². The number of pyridine rings is 1. The summed E-state index contributed by atoms with van der Waals surface area (Å²) in [5, 5.41) is 9.08. The van der Waals surface area contributed by atoms with E-state index in [2.05, 4.69) is 0 Å². The largest absolute Gasteiger partial charge is 0.481 e. The molecule has 0 saturated heterocycles. The van der Waals surface area contributed by atoms with Crippen molar-refractivity contribution in [1.82, 2.24) is 4.40 Å². The van der Waals surface area contributed by atoms with Crippen LogP contribution in [-0.4, -0.2) is 15.5 Å². The van der Waals surface area contributed by atoms with Gasteiger partial charge in [-0.1, -0.05) is 36.0 Å². The van der Waals surface area contributed by atoms with E-state index in [9.17, 15) is 18.0 Å². The Morgan fingerprint density at radius 2 is 1.81 bits per heavy atom. The highest BCUT2D eigenvalue weighted by atomic mass is 35.5. The second kappa shape index (κ2) is 7.25. The number of carboxylic acids is 1. The van der Waals surface area contributed by atoms with Gasteiger partial charge in [0.2, 0.25) is 0 Å². The van der Waals surface area contributed by atoms with Gasteiger partial charge in [0.25, 0.3) is 0 Å². The van der Waals surface area contributed by atoms with Gasteiger partial charge in [-0.2, -0.15) is 13.2 Å². The highest BCUT2D eigenvalue weighted by Gasteiger charge is 2.41. The third kappa shape index (κ3) is 3.68. The summed E-state index contributed by atoms with van der Waals surface area (Å²) < 4.78 is 41.7. The van der Waals surface area contributed by atoms with Gasteiger partial charge in [0.1, 0.15) is 4.71 Å². The predicted octanol–water partition coefficient (Wildman–Crippen LogP) is 5.61. The highest BCUT2D eigenvalue weighted by molar-refractivity contribution is 8.00. The smallest absolute Gasteiger partial charge is 0.418 e. The van der Waals surface area contributed by atoms with Gasteiger partial charge in [-0.3, -0.25) is 4.79 Å². The van der Waals surface area contributed by atoms with Crippen molar-refractivity contribution in [3.05, 3.63) is 71.5 Å². The molecule has 0 aliphatic heterocycles. The Bertz CT molecular complexity index is 941. The lowest BCUT2D eigenvalue weighted by molar-refractivity contribution is -0.139. The van der Waals surface area contributed by atoms with E-state index in [1.165, 1.54) is 16.7 Å². The molecule has 0 radical (unpaired) electrons. The van der Waals surface area contributed by atoms with Crippen molar-refractivity contribution in [1.29, 1.82) is 0 Å². The highest BCUT2D eigenvalue weighted by Crippen LogP contribution is 2.47. The number of aliphatic carboxylic acids is 1. The van der Waals surface area contributed by atoms with E-state index in [4.69, 9.17) is 16.7 Å². The predicted molar refractivity (Wildman–Crippen MR) is 94.6 cm³/mol. The van der Waals surface area contributed by atoms with Crippen LogP contribution in [0.3, 0.4) is 0 Å². The Labute approximate surface area is 156 Å². The number of thioether (sulfide) groups is 1. The number of benzene rings is 1. The number of carbonyl (C=O) groups is 1. The maximum atomic E-state index is 13.8. The first-order valence-corrected chi connectivity index (χ1v) is 8.87. The van der Waals surface area contributed by atoms with E-state index in [-0.39, 0.29) is 16.8 Å². The lowest BCUT2D eigenvalue weighted by atomic mass is 10.1. The van der Waals surface area contributed by atoms with Crippen LogP contribution in [0.1, 0.15) is 21.5 Å². The molecule has 3 nitrogen and oxygen atoms in total. The number of halogens is 4. The average Bonchev–Trinajstić information content (AvgIpc) is 2.90. The summed E-state index contributed by atoms with van der Waals surface area (Å²) in [4.78, 5) is 11.9. The summed E-state index contributed by atoms with van der Waals surface area (Å²) in [6.45, 7) is 0. The van der Waals surface area contributed by atoms with Gasteiger partial charge < -0.3 is 9.51 Å². The van der Waals surface area contributed by atoms with Crippen LogP contribution in [0.5, 0.6) is 0 Å². The normalized spacial score (nSPS) is 13.1. The fourth-order valence-electron chi connectivity index (χ4n) is 2.85. The molecular formula is C18H13ClF3NO2S. The van der Waals surface area contributed by atoms with E-state index in [0.29, 0.717) is 4.90 Å². The molecule has 0 amide bonds. The Morgan fingerprint density at radius 1 is 1.15 bits per heavy atom. The molecule has 1 N–H and O–H groups in total. The van der Waals surface area contributed by atoms with Crippen molar-refractivity contribution in [2.75, 3.05) is 0 Å². The van der Waals surface area contributed by atoms with Gasteiger partial charge in [0, 0.05) is 22.2 Å². The van der Waals surface area contributed by atoms with Crippen LogP contribution in [0.15, 0.2) is 59.6 Å². The molecule has 2 aromatic heterocycles. The molecule has 1 atom stereocenters. The van der Waals surface area contributed by atoms with Crippen molar-refractivity contribution in [3.63, 3.8) is 0 Å². The molecule has 0 bridgehead atoms. The molecule has 1 aromatic carbocycles. The molecule has 0 fully saturated rings. The topological polar surface area (TPSA) is 41.7 Å². The van der Waals surface area contributed by atoms with Gasteiger partial charge in [0.05, 0.1) is 17.7 Å². The van der Waals surface area contributed by atoms with Gasteiger partial charge in [-0.25, -0.2) is 0 Å². The number of rotatable bonds is 5. The third-order valence-corrected chi connectivity index (χ3v) is 5.24. The van der Waals surface area contributed by atoms with Crippen LogP contribution >= 0.6 is 23.4 Å². The zero-order valence-corrected chi connectivity index (χ0v) is 14.8. The Hall–Kier alpha value is -2.12. The minimum absolute atomic E-state index is 0.167. The van der Waals surface area contributed by atoms with Gasteiger partial charge in [-0.05, 0) is 24.3 Å². The fraction of sp³-hybridized carbons (Fsp3) is 0.167. The number of fused-ring (bicyclic) bond motifs is 1. The summed E-state index contributed by atoms with van der Waals surface area (Å²) in [6, 6.07) is 13.4. The zero-order chi connectivity index (χ0) is 18.9. The lowest BCUT2D eigenvalue weighted by Gasteiger charge is -2.15. The molecule has 0 aliphatic rings. The monoisotopic (exact) mass is 399 g/mol. The molecule has 136 valence electrons. The van der Waals surface area contributed by atoms with Crippen molar-refractivity contribution >= 4 is 34.8 Å². The maximum Gasteiger partial charge on any atom is 0.418 e. The van der Waals surface area contributed by atoms with E-state index in [0.717, 1.165) is 11.8 Å². The lowest BCUT2D eigenvalue weighted by Crippen LogP contribution is -2.13. The standard InChI is InChI=1S/C18H13ClF3NO2S/c19-17(26-11-6-2-1-3-7-11)16-15(18(20,21)22)12(10-14(24)25)13-8-4-5-9-23(13)16/h1-9,17H,10H2,(H,24,25)/t17-/m1/s1. The Balaban J connectivity index is 2.21. The number of nitrogens with zero attached hydrogens (tertiary/aromatic N) is 1. The van der Waals surface area contributed by atoms with Crippen LogP contribution < -0.4 is 0 Å². The van der Waals surface area contributed by atoms with Crippen LogP contribution in [0, 0.1) is 0 Å². The molecule has 0 saturated carbocycles. The molecule has 0 spiro atoms. The molecule has 2 heterocycles. The van der Waals surface area contributed by atoms with E-state index in [1.54, 1.807) is 42.5 Å². The van der Waals surface area contributed by atoms with Crippen LogP contribution in [0.25, 0.3) is 5.52 Å². The number of hydrogen-bond donors (Lipinski definition) is 1. The summed E-state index contributed by atoms with van der Waals surface area (Å²) in [6.07, 6.45) is -4.00. The van der Waals surface area contributed by atoms with Crippen molar-refractivity contribution in [2.24, 2.45) is 0 Å². The average molecular weight is 400 g/mol. The number of aromatic nitrogens is 1. The van der Waals surface area contributed by atoms with E-state index in [1.807, 2.05) is 0 Å². The second-order valence-corrected chi connectivity index (χ2v) is 7.38. The van der Waals surface area contributed by atoms with Gasteiger partial charge in [-0.15, -0.1) is 11.6 Å². The SMILES string of the molecule is O=C(O)Cc1c(C(F)(F)F)c([C@H](Cl)Sc2ccccc2)n2ccccc12. The first-order chi connectivity index (χ1) is 12.3. The van der Waals surface area contributed by atoms with Crippen molar-refractivity contribution in [3.8, 4) is 0 Å². The number of carboxylic acid groups (broad SMARTS) is 1. The fourth-order valence-corrected chi connectivity index (χ4v) is 4.27. The molecule has 0 aliphatic carbocycles. The van der Waals surface area contributed by atoms with E-state index >= 15 is 0 Å². The zero-order valence-electron chi connectivity index (χ0n) is 13.2. The quantitative estimate of drug-likeness (QED) is 0.447. The molecule has 26 heavy (non-hydrogen) atoms. The van der Waals surface area contributed by atoms with Crippen LogP contribution in [-0.2, 0) is 17.4 Å². The Kier molecular flexibility index (Phi) is 5.20. The molecule has 0 unspecified atom stereocenters. The first-order valence-electron chi connectivity index (χ1n) is 7.55. The summed E-state index contributed by atoms with van der Waals surface area (Å²) in [7, 11) is 0. The number of hydrogen-bond acceptors (Lipinski definition) is 2. The molecule has 8 heteroatoms. The molecule has 3 rings (SSSR count). The van der Waals surface area contributed by atoms with Crippen molar-refractivity contribution < 1.29 is 23.1 Å². The van der Waals surface area contributed by atoms with Gasteiger partial charge >= 0.3 is 12.1 Å². The summed E-state index contributed by atoms with van der Waals surface area (Å²) in [5.41, 5.74) is -1.23. The van der Waals surface area contributed by atoms with Crippen LogP contribution in [0.4, 0.5) is 13.2 Å².